The van der Waals surface area contributed by atoms with E-state index < -0.39 is 0 Å². The van der Waals surface area contributed by atoms with Crippen LogP contribution < -0.4 is 9.64 Å². The third-order valence-corrected chi connectivity index (χ3v) is 5.69. The van der Waals surface area contributed by atoms with E-state index in [4.69, 9.17) is 4.74 Å². The summed E-state index contributed by atoms with van der Waals surface area (Å²) in [6, 6.07) is 26.0. The van der Waals surface area contributed by atoms with Crippen molar-refractivity contribution in [1.82, 2.24) is 0 Å². The third kappa shape index (κ3) is 2.99. The van der Waals surface area contributed by atoms with Gasteiger partial charge in [0.2, 0.25) is 0 Å². The highest BCUT2D eigenvalue weighted by Crippen LogP contribution is 2.49. The van der Waals surface area contributed by atoms with E-state index >= 15 is 0 Å². The van der Waals surface area contributed by atoms with Gasteiger partial charge in [-0.25, -0.2) is 0 Å². The zero-order chi connectivity index (χ0) is 18.9. The number of anilines is 2. The monoisotopic (exact) mass is 367 g/mol. The van der Waals surface area contributed by atoms with E-state index in [1.165, 1.54) is 58.6 Å². The van der Waals surface area contributed by atoms with Crippen molar-refractivity contribution in [3.05, 3.63) is 72.8 Å². The minimum absolute atomic E-state index is 0.956. The predicted molar refractivity (Wildman–Crippen MR) is 119 cm³/mol. The van der Waals surface area contributed by atoms with Gasteiger partial charge in [0.15, 0.2) is 11.5 Å². The highest BCUT2D eigenvalue weighted by Gasteiger charge is 2.25. The van der Waals surface area contributed by atoms with Gasteiger partial charge in [0.25, 0.3) is 0 Å². The second-order valence-corrected chi connectivity index (χ2v) is 7.65. The van der Waals surface area contributed by atoms with Gasteiger partial charge in [0.05, 0.1) is 11.4 Å². The van der Waals surface area contributed by atoms with Crippen molar-refractivity contribution >= 4 is 32.9 Å². The number of hydrogen-bond donors (Lipinski definition) is 0. The zero-order valence-corrected chi connectivity index (χ0v) is 16.3. The molecular weight excluding hydrogens is 342 g/mol. The van der Waals surface area contributed by atoms with Gasteiger partial charge >= 0.3 is 0 Å². The lowest BCUT2D eigenvalue weighted by Gasteiger charge is -2.33. The first kappa shape index (κ1) is 17.1. The number of hydrogen-bond acceptors (Lipinski definition) is 2. The van der Waals surface area contributed by atoms with Crippen LogP contribution in [0.3, 0.4) is 0 Å². The molecule has 140 valence electrons. The van der Waals surface area contributed by atoms with Gasteiger partial charge in [-0.05, 0) is 52.2 Å². The Balaban J connectivity index is 1.64. The number of fused-ring (bicyclic) bond motifs is 4. The largest absolute Gasteiger partial charge is 0.453 e. The summed E-state index contributed by atoms with van der Waals surface area (Å²) in [6.07, 6.45) is 5.00. The second-order valence-electron chi connectivity index (χ2n) is 7.65. The fraction of sp³-hybridized carbons (Fsp3) is 0.231. The Labute approximate surface area is 166 Å². The molecule has 0 aromatic heterocycles. The first-order chi connectivity index (χ1) is 13.8. The molecule has 2 heteroatoms. The van der Waals surface area contributed by atoms with Crippen LogP contribution >= 0.6 is 0 Å². The number of rotatable bonds is 5. The van der Waals surface area contributed by atoms with Crippen LogP contribution in [0.1, 0.15) is 32.6 Å². The van der Waals surface area contributed by atoms with Crippen LogP contribution in [-0.2, 0) is 0 Å². The average molecular weight is 367 g/mol. The van der Waals surface area contributed by atoms with E-state index in [2.05, 4.69) is 84.6 Å². The molecule has 4 aromatic carbocycles. The highest BCUT2D eigenvalue weighted by molar-refractivity contribution is 5.96. The summed E-state index contributed by atoms with van der Waals surface area (Å²) < 4.78 is 6.41. The number of benzene rings is 4. The van der Waals surface area contributed by atoms with Crippen LogP contribution in [-0.4, -0.2) is 6.54 Å². The Morgan fingerprint density at radius 2 is 1.14 bits per heavy atom. The first-order valence-electron chi connectivity index (χ1n) is 10.3. The van der Waals surface area contributed by atoms with Crippen molar-refractivity contribution in [2.24, 2.45) is 0 Å². The fourth-order valence-electron chi connectivity index (χ4n) is 4.19. The van der Waals surface area contributed by atoms with E-state index in [1.54, 1.807) is 0 Å². The molecule has 0 N–H and O–H groups in total. The molecular formula is C26H25NO. The standard InChI is InChI=1S/C26H25NO/c1-2-3-4-9-14-27-23-15-19-10-5-7-12-21(19)17-25(23)28-26-18-22-13-8-6-11-20(22)16-24(26)27/h5-8,10-13,15-18H,2-4,9,14H2,1H3. The van der Waals surface area contributed by atoms with Gasteiger partial charge in [-0.2, -0.15) is 0 Å². The quantitative estimate of drug-likeness (QED) is 0.333. The van der Waals surface area contributed by atoms with Gasteiger partial charge < -0.3 is 9.64 Å². The normalized spacial score (nSPS) is 12.7. The molecule has 0 spiro atoms. The van der Waals surface area contributed by atoms with Crippen molar-refractivity contribution in [3.8, 4) is 11.5 Å². The van der Waals surface area contributed by atoms with E-state index in [1.807, 2.05) is 0 Å². The Hall–Kier alpha value is -3.00. The van der Waals surface area contributed by atoms with Gasteiger partial charge in [0, 0.05) is 6.54 Å². The van der Waals surface area contributed by atoms with Gasteiger partial charge in [-0.1, -0.05) is 74.7 Å². The van der Waals surface area contributed by atoms with E-state index in [-0.39, 0.29) is 0 Å². The lowest BCUT2D eigenvalue weighted by Crippen LogP contribution is -2.22. The Morgan fingerprint density at radius 1 is 0.643 bits per heavy atom. The molecule has 1 aliphatic heterocycles. The lowest BCUT2D eigenvalue weighted by atomic mass is 10.0. The minimum Gasteiger partial charge on any atom is -0.453 e. The summed E-state index contributed by atoms with van der Waals surface area (Å²) in [6.45, 7) is 3.28. The smallest absolute Gasteiger partial charge is 0.151 e. The molecule has 0 unspecified atom stereocenters. The molecule has 28 heavy (non-hydrogen) atoms. The molecule has 0 atom stereocenters. The van der Waals surface area contributed by atoms with Crippen molar-refractivity contribution < 1.29 is 4.74 Å². The van der Waals surface area contributed by atoms with Crippen molar-refractivity contribution in [2.75, 3.05) is 11.4 Å². The molecule has 0 aliphatic carbocycles. The Bertz CT molecular complexity index is 1060. The third-order valence-electron chi connectivity index (χ3n) is 5.69. The molecule has 0 radical (unpaired) electrons. The summed E-state index contributed by atoms with van der Waals surface area (Å²) >= 11 is 0. The van der Waals surface area contributed by atoms with Crippen molar-refractivity contribution in [1.29, 1.82) is 0 Å². The van der Waals surface area contributed by atoms with Gasteiger partial charge in [0.1, 0.15) is 0 Å². The molecule has 1 heterocycles. The first-order valence-corrected chi connectivity index (χ1v) is 10.3. The van der Waals surface area contributed by atoms with Gasteiger partial charge in [-0.15, -0.1) is 0 Å². The van der Waals surface area contributed by atoms with E-state index in [9.17, 15) is 0 Å². The summed E-state index contributed by atoms with van der Waals surface area (Å²) in [4.78, 5) is 2.46. The van der Waals surface area contributed by atoms with Crippen LogP contribution in [0.15, 0.2) is 72.8 Å². The average Bonchev–Trinajstić information content (AvgIpc) is 2.73. The molecule has 2 nitrogen and oxygen atoms in total. The van der Waals surface area contributed by atoms with Crippen molar-refractivity contribution in [2.45, 2.75) is 32.6 Å². The summed E-state index contributed by atoms with van der Waals surface area (Å²) in [5.41, 5.74) is 2.36. The van der Waals surface area contributed by atoms with Gasteiger partial charge in [-0.3, -0.25) is 0 Å². The highest BCUT2D eigenvalue weighted by atomic mass is 16.5. The maximum Gasteiger partial charge on any atom is 0.151 e. The van der Waals surface area contributed by atoms with Crippen LogP contribution in [0.2, 0.25) is 0 Å². The molecule has 4 aromatic rings. The molecule has 0 saturated heterocycles. The lowest BCUT2D eigenvalue weighted by molar-refractivity contribution is 0.473. The summed E-state index contributed by atoms with van der Waals surface area (Å²) in [5, 5.41) is 4.95. The predicted octanol–water partition coefficient (Wildman–Crippen LogP) is 7.82. The number of nitrogens with zero attached hydrogens (tertiary/aromatic N) is 1. The molecule has 0 bridgehead atoms. The summed E-state index contributed by atoms with van der Waals surface area (Å²) in [5.74, 6) is 1.91. The maximum absolute atomic E-state index is 6.41. The summed E-state index contributed by atoms with van der Waals surface area (Å²) in [7, 11) is 0. The second kappa shape index (κ2) is 7.20. The van der Waals surface area contributed by atoms with Crippen LogP contribution in [0.25, 0.3) is 21.5 Å². The number of unbranched alkanes of at least 4 members (excludes halogenated alkanes) is 3. The number of ether oxygens (including phenoxy) is 1. The van der Waals surface area contributed by atoms with E-state index in [0.29, 0.717) is 0 Å². The fourth-order valence-corrected chi connectivity index (χ4v) is 4.19. The Kier molecular flexibility index (Phi) is 4.40. The minimum atomic E-state index is 0.956. The Morgan fingerprint density at radius 3 is 1.64 bits per heavy atom. The SMILES string of the molecule is CCCCCCN1c2cc3ccccc3cc2Oc2cc3ccccc3cc21. The van der Waals surface area contributed by atoms with Crippen LogP contribution in [0.4, 0.5) is 11.4 Å². The van der Waals surface area contributed by atoms with Crippen LogP contribution in [0.5, 0.6) is 11.5 Å². The molecule has 5 rings (SSSR count). The van der Waals surface area contributed by atoms with E-state index in [0.717, 1.165) is 18.0 Å². The molecule has 0 amide bonds. The van der Waals surface area contributed by atoms with Crippen LogP contribution in [0, 0.1) is 0 Å². The maximum atomic E-state index is 6.41. The van der Waals surface area contributed by atoms with Crippen molar-refractivity contribution in [3.63, 3.8) is 0 Å². The topological polar surface area (TPSA) is 12.5 Å². The zero-order valence-electron chi connectivity index (χ0n) is 16.3. The molecule has 0 fully saturated rings. The molecule has 0 saturated carbocycles. The molecule has 1 aliphatic rings.